The fourth-order valence-corrected chi connectivity index (χ4v) is 2.34. The molecule has 2 rings (SSSR count). The smallest absolute Gasteiger partial charge is 0.317 e. The fraction of sp³-hybridized carbons (Fsp3) is 0.429. The van der Waals surface area contributed by atoms with E-state index in [4.69, 9.17) is 5.11 Å². The van der Waals surface area contributed by atoms with E-state index in [0.717, 1.165) is 29.5 Å². The quantitative estimate of drug-likeness (QED) is 0.863. The van der Waals surface area contributed by atoms with E-state index in [1.165, 1.54) is 0 Å². The number of carboxylic acids is 1. The summed E-state index contributed by atoms with van der Waals surface area (Å²) < 4.78 is 0.973. The average molecular weight is 341 g/mol. The van der Waals surface area contributed by atoms with Crippen LogP contribution in [0.15, 0.2) is 28.7 Å². The summed E-state index contributed by atoms with van der Waals surface area (Å²) in [5, 5.41) is 11.8. The molecule has 2 amide bonds. The molecule has 1 atom stereocenters. The summed E-state index contributed by atoms with van der Waals surface area (Å²) in [6.45, 7) is 1.51. The van der Waals surface area contributed by atoms with E-state index in [1.807, 2.05) is 24.3 Å². The van der Waals surface area contributed by atoms with Crippen molar-refractivity contribution < 1.29 is 14.7 Å². The lowest BCUT2D eigenvalue weighted by Crippen LogP contribution is -2.51. The summed E-state index contributed by atoms with van der Waals surface area (Å²) in [6.07, 6.45) is 1.46. The SMILES string of the molecule is O=C(O)C[C@H](Cc1ccc(Br)cc1)NC(=O)N1CCC1. The van der Waals surface area contributed by atoms with E-state index in [2.05, 4.69) is 21.2 Å². The van der Waals surface area contributed by atoms with E-state index in [9.17, 15) is 9.59 Å². The molecule has 0 spiro atoms. The van der Waals surface area contributed by atoms with Crippen molar-refractivity contribution in [1.82, 2.24) is 10.2 Å². The molecular weight excluding hydrogens is 324 g/mol. The molecule has 5 nitrogen and oxygen atoms in total. The van der Waals surface area contributed by atoms with Crippen LogP contribution < -0.4 is 5.32 Å². The van der Waals surface area contributed by atoms with Crippen molar-refractivity contribution in [2.24, 2.45) is 0 Å². The first-order valence-corrected chi connectivity index (χ1v) is 7.35. The molecule has 0 radical (unpaired) electrons. The van der Waals surface area contributed by atoms with E-state index in [0.29, 0.717) is 6.42 Å². The molecular formula is C14H17BrN2O3. The molecule has 0 bridgehead atoms. The van der Waals surface area contributed by atoms with Crippen LogP contribution in [-0.4, -0.2) is 41.1 Å². The molecule has 0 saturated carbocycles. The molecule has 20 heavy (non-hydrogen) atoms. The third-order valence-corrected chi connectivity index (χ3v) is 3.82. The largest absolute Gasteiger partial charge is 0.481 e. The van der Waals surface area contributed by atoms with Gasteiger partial charge >= 0.3 is 12.0 Å². The average Bonchev–Trinajstić information content (AvgIpc) is 2.28. The number of aliphatic carboxylic acids is 1. The number of urea groups is 1. The van der Waals surface area contributed by atoms with E-state index in [-0.39, 0.29) is 18.5 Å². The molecule has 1 aromatic rings. The number of carbonyl (C=O) groups excluding carboxylic acids is 1. The maximum Gasteiger partial charge on any atom is 0.317 e. The summed E-state index contributed by atoms with van der Waals surface area (Å²) >= 11 is 3.36. The Hall–Kier alpha value is -1.56. The van der Waals surface area contributed by atoms with Crippen LogP contribution in [0.4, 0.5) is 4.79 Å². The second-order valence-electron chi connectivity index (χ2n) is 4.92. The minimum absolute atomic E-state index is 0.0738. The van der Waals surface area contributed by atoms with Crippen molar-refractivity contribution in [1.29, 1.82) is 0 Å². The summed E-state index contributed by atoms with van der Waals surface area (Å²) in [5.74, 6) is -0.906. The van der Waals surface area contributed by atoms with Gasteiger partial charge in [0.15, 0.2) is 0 Å². The number of carbonyl (C=O) groups is 2. The number of likely N-dealkylation sites (tertiary alicyclic amines) is 1. The van der Waals surface area contributed by atoms with Gasteiger partial charge in [-0.25, -0.2) is 4.79 Å². The summed E-state index contributed by atoms with van der Waals surface area (Å²) in [7, 11) is 0. The van der Waals surface area contributed by atoms with Crippen molar-refractivity contribution in [3.63, 3.8) is 0 Å². The number of rotatable bonds is 5. The molecule has 1 aliphatic heterocycles. The lowest BCUT2D eigenvalue weighted by Gasteiger charge is -2.32. The molecule has 0 unspecified atom stereocenters. The second kappa shape index (κ2) is 6.74. The van der Waals surface area contributed by atoms with Gasteiger partial charge in [0.1, 0.15) is 0 Å². The summed E-state index contributed by atoms with van der Waals surface area (Å²) in [4.78, 5) is 24.5. The number of benzene rings is 1. The standard InChI is InChI=1S/C14H17BrN2O3/c15-11-4-2-10(3-5-11)8-12(9-13(18)19)16-14(20)17-6-1-7-17/h2-5,12H,1,6-9H2,(H,16,20)(H,18,19)/t12-/m0/s1. The zero-order valence-corrected chi connectivity index (χ0v) is 12.6. The van der Waals surface area contributed by atoms with Crippen LogP contribution in [0.1, 0.15) is 18.4 Å². The number of hydrogen-bond donors (Lipinski definition) is 2. The molecule has 1 aromatic carbocycles. The highest BCUT2D eigenvalue weighted by molar-refractivity contribution is 9.10. The Morgan fingerprint density at radius 1 is 1.30 bits per heavy atom. The molecule has 2 N–H and O–H groups in total. The summed E-state index contributed by atoms with van der Waals surface area (Å²) in [5.41, 5.74) is 1.00. The third-order valence-electron chi connectivity index (χ3n) is 3.29. The monoisotopic (exact) mass is 340 g/mol. The van der Waals surface area contributed by atoms with Gasteiger partial charge in [-0.15, -0.1) is 0 Å². The van der Waals surface area contributed by atoms with E-state index >= 15 is 0 Å². The Morgan fingerprint density at radius 3 is 2.45 bits per heavy atom. The third kappa shape index (κ3) is 4.23. The number of nitrogens with one attached hydrogen (secondary N) is 1. The van der Waals surface area contributed by atoms with Crippen molar-refractivity contribution in [2.75, 3.05) is 13.1 Å². The number of hydrogen-bond acceptors (Lipinski definition) is 2. The van der Waals surface area contributed by atoms with Gasteiger partial charge in [0.2, 0.25) is 0 Å². The first-order chi connectivity index (χ1) is 9.54. The summed E-state index contributed by atoms with van der Waals surface area (Å²) in [6, 6.07) is 7.11. The Balaban J connectivity index is 1.96. The molecule has 0 aliphatic carbocycles. The number of carboxylic acid groups (broad SMARTS) is 1. The molecule has 1 fully saturated rings. The van der Waals surface area contributed by atoms with Crippen molar-refractivity contribution in [3.05, 3.63) is 34.3 Å². The normalized spacial score (nSPS) is 15.3. The maximum atomic E-state index is 11.9. The Bertz CT molecular complexity index is 486. The van der Waals surface area contributed by atoms with Crippen LogP contribution >= 0.6 is 15.9 Å². The van der Waals surface area contributed by atoms with Crippen LogP contribution in [0.2, 0.25) is 0 Å². The topological polar surface area (TPSA) is 69.6 Å². The van der Waals surface area contributed by atoms with Crippen LogP contribution in [0.25, 0.3) is 0 Å². The zero-order valence-electron chi connectivity index (χ0n) is 11.0. The van der Waals surface area contributed by atoms with Gasteiger partial charge in [-0.1, -0.05) is 28.1 Å². The van der Waals surface area contributed by atoms with Gasteiger partial charge in [-0.05, 0) is 30.5 Å². The Kier molecular flexibility index (Phi) is 5.00. The molecule has 1 aliphatic rings. The lowest BCUT2D eigenvalue weighted by atomic mass is 10.0. The predicted octanol–water partition coefficient (Wildman–Crippen LogP) is 2.25. The molecule has 1 saturated heterocycles. The van der Waals surface area contributed by atoms with Gasteiger partial charge in [0.05, 0.1) is 6.42 Å². The van der Waals surface area contributed by atoms with Gasteiger partial charge in [-0.2, -0.15) is 0 Å². The van der Waals surface area contributed by atoms with Gasteiger partial charge in [0.25, 0.3) is 0 Å². The van der Waals surface area contributed by atoms with Crippen LogP contribution in [0.5, 0.6) is 0 Å². The lowest BCUT2D eigenvalue weighted by molar-refractivity contribution is -0.137. The first-order valence-electron chi connectivity index (χ1n) is 6.56. The highest BCUT2D eigenvalue weighted by Crippen LogP contribution is 2.14. The minimum atomic E-state index is -0.906. The van der Waals surface area contributed by atoms with Crippen LogP contribution in [0.3, 0.4) is 0 Å². The van der Waals surface area contributed by atoms with Gasteiger partial charge < -0.3 is 15.3 Å². The Labute approximate surface area is 126 Å². The Morgan fingerprint density at radius 2 is 1.95 bits per heavy atom. The predicted molar refractivity (Wildman–Crippen MR) is 78.6 cm³/mol. The molecule has 0 aromatic heterocycles. The van der Waals surface area contributed by atoms with E-state index < -0.39 is 5.97 Å². The fourth-order valence-electron chi connectivity index (χ4n) is 2.08. The highest BCUT2D eigenvalue weighted by Gasteiger charge is 2.24. The number of amides is 2. The van der Waals surface area contributed by atoms with Crippen LogP contribution in [-0.2, 0) is 11.2 Å². The second-order valence-corrected chi connectivity index (χ2v) is 5.83. The highest BCUT2D eigenvalue weighted by atomic mass is 79.9. The van der Waals surface area contributed by atoms with Crippen LogP contribution in [0, 0.1) is 0 Å². The van der Waals surface area contributed by atoms with Gasteiger partial charge in [0, 0.05) is 23.6 Å². The van der Waals surface area contributed by atoms with Crippen molar-refractivity contribution in [2.45, 2.75) is 25.3 Å². The number of halogens is 1. The van der Waals surface area contributed by atoms with Crippen molar-refractivity contribution in [3.8, 4) is 0 Å². The van der Waals surface area contributed by atoms with Crippen molar-refractivity contribution >= 4 is 27.9 Å². The van der Waals surface area contributed by atoms with Gasteiger partial charge in [-0.3, -0.25) is 4.79 Å². The zero-order chi connectivity index (χ0) is 14.5. The molecule has 6 heteroatoms. The minimum Gasteiger partial charge on any atom is -0.481 e. The van der Waals surface area contributed by atoms with E-state index in [1.54, 1.807) is 4.90 Å². The number of nitrogens with zero attached hydrogens (tertiary/aromatic N) is 1. The molecule has 108 valence electrons. The maximum absolute atomic E-state index is 11.9. The molecule has 1 heterocycles. The first kappa shape index (κ1) is 14.8.